The second kappa shape index (κ2) is 2.89. The van der Waals surface area contributed by atoms with Gasteiger partial charge in [0.25, 0.3) is 0 Å². The van der Waals surface area contributed by atoms with Crippen molar-refractivity contribution in [3.63, 3.8) is 0 Å². The van der Waals surface area contributed by atoms with Crippen LogP contribution in [0.2, 0.25) is 0 Å². The summed E-state index contributed by atoms with van der Waals surface area (Å²) >= 11 is 0. The topological polar surface area (TPSA) is 0 Å². The molecule has 0 nitrogen and oxygen atoms in total. The molecule has 0 amide bonds. The third-order valence-electron chi connectivity index (χ3n) is 2.76. The maximum atomic E-state index is 12.9. The van der Waals surface area contributed by atoms with Crippen LogP contribution in [0.5, 0.6) is 0 Å². The second-order valence-electron chi connectivity index (χ2n) is 3.64. The molecule has 12 heavy (non-hydrogen) atoms. The summed E-state index contributed by atoms with van der Waals surface area (Å²) in [5.41, 5.74) is 2.10. The Labute approximate surface area is 72.4 Å². The van der Waals surface area contributed by atoms with E-state index in [2.05, 4.69) is 0 Å². The molecule has 0 saturated heterocycles. The lowest BCUT2D eigenvalue weighted by Gasteiger charge is -2.26. The SMILES string of the molecule is Cc1cc(C2CCC2)ccc1F. The summed E-state index contributed by atoms with van der Waals surface area (Å²) in [5.74, 6) is 0.627. The Hall–Kier alpha value is -0.850. The number of benzene rings is 1. The molecular weight excluding hydrogens is 151 g/mol. The molecule has 1 aromatic rings. The van der Waals surface area contributed by atoms with Gasteiger partial charge in [0.2, 0.25) is 0 Å². The Bertz CT molecular complexity index is 287. The van der Waals surface area contributed by atoms with Crippen LogP contribution in [0.4, 0.5) is 4.39 Å². The van der Waals surface area contributed by atoms with Crippen molar-refractivity contribution in [2.75, 3.05) is 0 Å². The minimum absolute atomic E-state index is 0.0851. The van der Waals surface area contributed by atoms with Gasteiger partial charge in [0.1, 0.15) is 5.82 Å². The first-order valence-corrected chi connectivity index (χ1v) is 4.53. The quantitative estimate of drug-likeness (QED) is 0.596. The predicted octanol–water partition coefficient (Wildman–Crippen LogP) is 3.40. The van der Waals surface area contributed by atoms with Crippen molar-refractivity contribution >= 4 is 0 Å². The van der Waals surface area contributed by atoms with Crippen molar-refractivity contribution in [2.45, 2.75) is 32.1 Å². The molecule has 0 atom stereocenters. The van der Waals surface area contributed by atoms with Crippen LogP contribution in [-0.4, -0.2) is 0 Å². The molecule has 0 heterocycles. The van der Waals surface area contributed by atoms with Gasteiger partial charge < -0.3 is 0 Å². The van der Waals surface area contributed by atoms with Crippen LogP contribution < -0.4 is 0 Å². The summed E-state index contributed by atoms with van der Waals surface area (Å²) in [7, 11) is 0. The van der Waals surface area contributed by atoms with Crippen molar-refractivity contribution in [3.8, 4) is 0 Å². The van der Waals surface area contributed by atoms with Crippen molar-refractivity contribution < 1.29 is 4.39 Å². The summed E-state index contributed by atoms with van der Waals surface area (Å²) in [4.78, 5) is 0. The van der Waals surface area contributed by atoms with Gasteiger partial charge in [-0.2, -0.15) is 0 Å². The summed E-state index contributed by atoms with van der Waals surface area (Å²) < 4.78 is 12.9. The van der Waals surface area contributed by atoms with Crippen LogP contribution >= 0.6 is 0 Å². The zero-order valence-electron chi connectivity index (χ0n) is 7.31. The fourth-order valence-corrected chi connectivity index (χ4v) is 1.66. The maximum absolute atomic E-state index is 12.9. The van der Waals surface area contributed by atoms with E-state index < -0.39 is 0 Å². The van der Waals surface area contributed by atoms with Crippen molar-refractivity contribution in [1.29, 1.82) is 0 Å². The highest BCUT2D eigenvalue weighted by Crippen LogP contribution is 2.36. The van der Waals surface area contributed by atoms with Crippen LogP contribution in [0, 0.1) is 12.7 Å². The molecule has 2 rings (SSSR count). The molecule has 1 aliphatic rings. The molecule has 1 saturated carbocycles. The van der Waals surface area contributed by atoms with Gasteiger partial charge in [-0.15, -0.1) is 0 Å². The fourth-order valence-electron chi connectivity index (χ4n) is 1.66. The smallest absolute Gasteiger partial charge is 0.126 e. The molecule has 0 radical (unpaired) electrons. The van der Waals surface area contributed by atoms with E-state index in [0.29, 0.717) is 5.92 Å². The first-order chi connectivity index (χ1) is 5.77. The van der Waals surface area contributed by atoms with Crippen LogP contribution in [0.25, 0.3) is 0 Å². The molecule has 0 unspecified atom stereocenters. The Balaban J connectivity index is 2.27. The lowest BCUT2D eigenvalue weighted by Crippen LogP contribution is -2.08. The summed E-state index contributed by atoms with van der Waals surface area (Å²) in [6, 6.07) is 5.49. The van der Waals surface area contributed by atoms with E-state index in [1.165, 1.54) is 24.8 Å². The van der Waals surface area contributed by atoms with Crippen molar-refractivity contribution in [2.24, 2.45) is 0 Å². The third kappa shape index (κ3) is 1.24. The first kappa shape index (κ1) is 7.78. The third-order valence-corrected chi connectivity index (χ3v) is 2.76. The van der Waals surface area contributed by atoms with E-state index in [0.717, 1.165) is 5.56 Å². The first-order valence-electron chi connectivity index (χ1n) is 4.53. The lowest BCUT2D eigenvalue weighted by atomic mass is 9.80. The van der Waals surface area contributed by atoms with Gasteiger partial charge in [0.05, 0.1) is 0 Å². The maximum Gasteiger partial charge on any atom is 0.126 e. The molecule has 64 valence electrons. The zero-order chi connectivity index (χ0) is 8.55. The number of halogens is 1. The number of aryl methyl sites for hydroxylation is 1. The Morgan fingerprint density at radius 3 is 2.58 bits per heavy atom. The zero-order valence-corrected chi connectivity index (χ0v) is 7.31. The normalized spacial score (nSPS) is 17.5. The van der Waals surface area contributed by atoms with E-state index in [1.807, 2.05) is 19.1 Å². The van der Waals surface area contributed by atoms with E-state index in [4.69, 9.17) is 0 Å². The van der Waals surface area contributed by atoms with E-state index in [9.17, 15) is 4.39 Å². The Morgan fingerprint density at radius 2 is 2.08 bits per heavy atom. The lowest BCUT2D eigenvalue weighted by molar-refractivity contribution is 0.419. The van der Waals surface area contributed by atoms with Gasteiger partial charge in [0.15, 0.2) is 0 Å². The summed E-state index contributed by atoms with van der Waals surface area (Å²) in [5, 5.41) is 0. The van der Waals surface area contributed by atoms with Crippen molar-refractivity contribution in [3.05, 3.63) is 35.1 Å². The second-order valence-corrected chi connectivity index (χ2v) is 3.64. The minimum atomic E-state index is -0.0851. The highest BCUT2D eigenvalue weighted by Gasteiger charge is 2.19. The molecule has 1 aliphatic carbocycles. The standard InChI is InChI=1S/C11H13F/c1-8-7-10(5-6-11(8)12)9-3-2-4-9/h5-7,9H,2-4H2,1H3. The van der Waals surface area contributed by atoms with Gasteiger partial charge >= 0.3 is 0 Å². The fraction of sp³-hybridized carbons (Fsp3) is 0.455. The average Bonchev–Trinajstić information content (AvgIpc) is 1.93. The molecule has 0 spiro atoms. The highest BCUT2D eigenvalue weighted by atomic mass is 19.1. The molecule has 0 N–H and O–H groups in total. The molecule has 1 heteroatoms. The largest absolute Gasteiger partial charge is 0.207 e. The highest BCUT2D eigenvalue weighted by molar-refractivity contribution is 5.27. The van der Waals surface area contributed by atoms with Gasteiger partial charge in [-0.1, -0.05) is 18.6 Å². The molecule has 1 fully saturated rings. The number of hydrogen-bond acceptors (Lipinski definition) is 0. The predicted molar refractivity (Wildman–Crippen MR) is 47.7 cm³/mol. The van der Waals surface area contributed by atoms with Crippen molar-refractivity contribution in [1.82, 2.24) is 0 Å². The molecule has 1 aromatic carbocycles. The van der Waals surface area contributed by atoms with Gasteiger partial charge in [0, 0.05) is 0 Å². The van der Waals surface area contributed by atoms with E-state index in [-0.39, 0.29) is 5.82 Å². The number of hydrogen-bond donors (Lipinski definition) is 0. The average molecular weight is 164 g/mol. The Kier molecular flexibility index (Phi) is 1.87. The molecule has 0 aromatic heterocycles. The summed E-state index contributed by atoms with van der Waals surface area (Å²) in [6.07, 6.45) is 3.90. The van der Waals surface area contributed by atoms with Gasteiger partial charge in [-0.3, -0.25) is 0 Å². The van der Waals surface area contributed by atoms with Gasteiger partial charge in [-0.25, -0.2) is 4.39 Å². The minimum Gasteiger partial charge on any atom is -0.207 e. The Morgan fingerprint density at radius 1 is 1.33 bits per heavy atom. The monoisotopic (exact) mass is 164 g/mol. The van der Waals surface area contributed by atoms with Crippen LogP contribution in [-0.2, 0) is 0 Å². The van der Waals surface area contributed by atoms with Crippen LogP contribution in [0.3, 0.4) is 0 Å². The number of rotatable bonds is 1. The van der Waals surface area contributed by atoms with Crippen LogP contribution in [0.1, 0.15) is 36.3 Å². The van der Waals surface area contributed by atoms with E-state index >= 15 is 0 Å². The molecular formula is C11H13F. The van der Waals surface area contributed by atoms with Gasteiger partial charge in [-0.05, 0) is 42.9 Å². The summed E-state index contributed by atoms with van der Waals surface area (Å²) in [6.45, 7) is 1.83. The molecule has 0 bridgehead atoms. The van der Waals surface area contributed by atoms with E-state index in [1.54, 1.807) is 6.07 Å². The van der Waals surface area contributed by atoms with Crippen LogP contribution in [0.15, 0.2) is 18.2 Å². The molecule has 0 aliphatic heterocycles.